The molecule has 3 aromatic rings. The molecule has 2 aromatic heterocycles. The summed E-state index contributed by atoms with van der Waals surface area (Å²) in [6.45, 7) is 4.95. The van der Waals surface area contributed by atoms with Crippen LogP contribution >= 0.6 is 11.3 Å². The monoisotopic (exact) mass is 492 g/mol. The highest BCUT2D eigenvalue weighted by Crippen LogP contribution is 2.34. The van der Waals surface area contributed by atoms with E-state index in [2.05, 4.69) is 14.9 Å². The highest BCUT2D eigenvalue weighted by atomic mass is 32.1. The fourth-order valence-corrected chi connectivity index (χ4v) is 5.41. The first-order valence-corrected chi connectivity index (χ1v) is 12.2. The van der Waals surface area contributed by atoms with Gasteiger partial charge in [-0.25, -0.2) is 4.98 Å². The van der Waals surface area contributed by atoms with E-state index >= 15 is 0 Å². The van der Waals surface area contributed by atoms with Gasteiger partial charge in [0.05, 0.1) is 5.56 Å². The third kappa shape index (κ3) is 4.52. The number of pyridine rings is 1. The van der Waals surface area contributed by atoms with Crippen molar-refractivity contribution in [2.75, 3.05) is 37.6 Å². The number of piperazine rings is 1. The number of aryl methyl sites for hydroxylation is 1. The van der Waals surface area contributed by atoms with E-state index < -0.39 is 4.92 Å². The molecule has 2 saturated heterocycles. The number of amides is 2. The van der Waals surface area contributed by atoms with Crippen LogP contribution < -0.4 is 4.90 Å². The van der Waals surface area contributed by atoms with Crippen LogP contribution in [0.4, 0.5) is 11.5 Å². The Bertz CT molecular complexity index is 1270. The summed E-state index contributed by atoms with van der Waals surface area (Å²) in [7, 11) is 0. The lowest BCUT2D eigenvalue weighted by atomic mass is 10.0. The standard InChI is InChI=1S/C24H24N6O4S/c1-16-5-6-25-22(30(33)34)21(16)17-3-2-4-18(13-17)29-15-19(14-20(29)31)27-8-10-28(11-9-27)24(32)23-26-7-12-35-23/h2-7,12-13,19H,8-11,14-15H2,1H3. The highest BCUT2D eigenvalue weighted by Gasteiger charge is 2.36. The van der Waals surface area contributed by atoms with Crippen LogP contribution in [0.2, 0.25) is 0 Å². The number of anilines is 1. The third-order valence-corrected chi connectivity index (χ3v) is 7.36. The summed E-state index contributed by atoms with van der Waals surface area (Å²) >= 11 is 1.34. The molecule has 5 rings (SSSR count). The summed E-state index contributed by atoms with van der Waals surface area (Å²) in [6, 6.07) is 9.08. The number of thiazole rings is 1. The topological polar surface area (TPSA) is 113 Å². The molecule has 1 atom stereocenters. The van der Waals surface area contributed by atoms with E-state index in [-0.39, 0.29) is 23.7 Å². The second-order valence-corrected chi connectivity index (χ2v) is 9.56. The van der Waals surface area contributed by atoms with Gasteiger partial charge in [0.1, 0.15) is 6.20 Å². The maximum atomic E-state index is 13.0. The van der Waals surface area contributed by atoms with Gasteiger partial charge in [-0.1, -0.05) is 12.1 Å². The SMILES string of the molecule is Cc1ccnc([N+](=O)[O-])c1-c1cccc(N2CC(N3CCN(C(=O)c4nccs4)CC3)CC2=O)c1. The Labute approximate surface area is 206 Å². The van der Waals surface area contributed by atoms with Crippen LogP contribution in [0.3, 0.4) is 0 Å². The molecular formula is C24H24N6O4S. The van der Waals surface area contributed by atoms with Gasteiger partial charge in [0.2, 0.25) is 5.91 Å². The van der Waals surface area contributed by atoms with Crippen molar-refractivity contribution in [2.24, 2.45) is 0 Å². The summed E-state index contributed by atoms with van der Waals surface area (Å²) in [5.74, 6) is -0.218. The first-order chi connectivity index (χ1) is 16.9. The number of hydrogen-bond donors (Lipinski definition) is 0. The van der Waals surface area contributed by atoms with Gasteiger partial charge in [0.15, 0.2) is 5.01 Å². The average molecular weight is 493 g/mol. The van der Waals surface area contributed by atoms with Gasteiger partial charge in [0, 0.05) is 62.5 Å². The predicted octanol–water partition coefficient (Wildman–Crippen LogP) is 2.99. The molecular weight excluding hydrogens is 468 g/mol. The molecule has 1 aromatic carbocycles. The quantitative estimate of drug-likeness (QED) is 0.397. The van der Waals surface area contributed by atoms with Crippen LogP contribution in [0.15, 0.2) is 48.1 Å². The lowest BCUT2D eigenvalue weighted by Crippen LogP contribution is -2.52. The average Bonchev–Trinajstić information content (AvgIpc) is 3.54. The molecule has 2 aliphatic heterocycles. The third-order valence-electron chi connectivity index (χ3n) is 6.60. The Morgan fingerprint density at radius 3 is 2.66 bits per heavy atom. The Hall–Kier alpha value is -3.70. The number of benzene rings is 1. The summed E-state index contributed by atoms with van der Waals surface area (Å²) in [5, 5.41) is 13.8. The summed E-state index contributed by atoms with van der Waals surface area (Å²) in [4.78, 5) is 50.5. The minimum absolute atomic E-state index is 0.0193. The van der Waals surface area contributed by atoms with Crippen molar-refractivity contribution < 1.29 is 14.5 Å². The van der Waals surface area contributed by atoms with Crippen LogP contribution in [0.1, 0.15) is 21.8 Å². The molecule has 35 heavy (non-hydrogen) atoms. The van der Waals surface area contributed by atoms with Gasteiger partial charge < -0.3 is 19.9 Å². The highest BCUT2D eigenvalue weighted by molar-refractivity contribution is 7.11. The summed E-state index contributed by atoms with van der Waals surface area (Å²) in [5.41, 5.74) is 2.58. The van der Waals surface area contributed by atoms with E-state index in [0.717, 1.165) is 5.56 Å². The maximum Gasteiger partial charge on any atom is 0.371 e. The number of aromatic nitrogens is 2. The predicted molar refractivity (Wildman–Crippen MR) is 131 cm³/mol. The Morgan fingerprint density at radius 1 is 1.14 bits per heavy atom. The van der Waals surface area contributed by atoms with Crippen molar-refractivity contribution in [1.29, 1.82) is 0 Å². The molecule has 10 nitrogen and oxygen atoms in total. The Morgan fingerprint density at radius 2 is 1.94 bits per heavy atom. The van der Waals surface area contributed by atoms with Crippen LogP contribution in [-0.4, -0.2) is 75.3 Å². The van der Waals surface area contributed by atoms with E-state index in [1.165, 1.54) is 17.5 Å². The molecule has 0 aliphatic carbocycles. The summed E-state index contributed by atoms with van der Waals surface area (Å²) < 4.78 is 0. The first-order valence-electron chi connectivity index (χ1n) is 11.4. The minimum Gasteiger partial charge on any atom is -0.358 e. The van der Waals surface area contributed by atoms with E-state index in [4.69, 9.17) is 0 Å². The Balaban J connectivity index is 1.29. The maximum absolute atomic E-state index is 13.0. The number of rotatable bonds is 5. The second kappa shape index (κ2) is 9.51. The van der Waals surface area contributed by atoms with Gasteiger partial charge in [-0.3, -0.25) is 14.5 Å². The number of carbonyl (C=O) groups excluding carboxylic acids is 2. The molecule has 2 aliphatic rings. The lowest BCUT2D eigenvalue weighted by molar-refractivity contribution is -0.388. The second-order valence-electron chi connectivity index (χ2n) is 8.66. The fourth-order valence-electron chi connectivity index (χ4n) is 4.81. The van der Waals surface area contributed by atoms with Crippen molar-refractivity contribution in [3.63, 3.8) is 0 Å². The van der Waals surface area contributed by atoms with Gasteiger partial charge in [-0.05, 0) is 46.2 Å². The molecule has 2 fully saturated rings. The first kappa shape index (κ1) is 23.1. The largest absolute Gasteiger partial charge is 0.371 e. The zero-order chi connectivity index (χ0) is 24.5. The molecule has 11 heteroatoms. The summed E-state index contributed by atoms with van der Waals surface area (Å²) in [6.07, 6.45) is 3.46. The molecule has 0 bridgehead atoms. The van der Waals surface area contributed by atoms with E-state index in [1.54, 1.807) is 28.6 Å². The number of nitrogens with zero attached hydrogens (tertiary/aromatic N) is 6. The fraction of sp³-hybridized carbons (Fsp3) is 0.333. The van der Waals surface area contributed by atoms with Gasteiger partial charge in [-0.15, -0.1) is 11.3 Å². The normalized spacial score (nSPS) is 18.8. The number of hydrogen-bond acceptors (Lipinski definition) is 8. The van der Waals surface area contributed by atoms with Crippen molar-refractivity contribution in [3.8, 4) is 11.1 Å². The lowest BCUT2D eigenvalue weighted by Gasteiger charge is -2.37. The zero-order valence-electron chi connectivity index (χ0n) is 19.2. The van der Waals surface area contributed by atoms with Crippen molar-refractivity contribution in [3.05, 3.63) is 68.8 Å². The van der Waals surface area contributed by atoms with Gasteiger partial charge >= 0.3 is 5.82 Å². The zero-order valence-corrected chi connectivity index (χ0v) is 20.0. The van der Waals surface area contributed by atoms with Crippen LogP contribution in [-0.2, 0) is 4.79 Å². The Kier molecular flexibility index (Phi) is 6.27. The molecule has 0 saturated carbocycles. The molecule has 180 valence electrons. The van der Waals surface area contributed by atoms with E-state index in [0.29, 0.717) is 61.0 Å². The molecule has 0 radical (unpaired) electrons. The molecule has 0 spiro atoms. The van der Waals surface area contributed by atoms with Gasteiger partial charge in [-0.2, -0.15) is 0 Å². The van der Waals surface area contributed by atoms with E-state index in [9.17, 15) is 19.7 Å². The van der Waals surface area contributed by atoms with Crippen molar-refractivity contribution in [2.45, 2.75) is 19.4 Å². The van der Waals surface area contributed by atoms with Crippen LogP contribution in [0.5, 0.6) is 0 Å². The van der Waals surface area contributed by atoms with E-state index in [1.807, 2.05) is 30.0 Å². The molecule has 2 amide bonds. The van der Waals surface area contributed by atoms with Crippen LogP contribution in [0, 0.1) is 17.0 Å². The van der Waals surface area contributed by atoms with Crippen molar-refractivity contribution >= 4 is 34.7 Å². The van der Waals surface area contributed by atoms with Crippen LogP contribution in [0.25, 0.3) is 11.1 Å². The number of nitro groups is 1. The molecule has 4 heterocycles. The molecule has 0 N–H and O–H groups in total. The molecule has 1 unspecified atom stereocenters. The number of carbonyl (C=O) groups is 2. The van der Waals surface area contributed by atoms with Gasteiger partial charge in [0.25, 0.3) is 5.91 Å². The minimum atomic E-state index is -0.481. The smallest absolute Gasteiger partial charge is 0.358 e. The van der Waals surface area contributed by atoms with Crippen molar-refractivity contribution in [1.82, 2.24) is 19.8 Å².